The van der Waals surface area contributed by atoms with E-state index in [9.17, 15) is 0 Å². The van der Waals surface area contributed by atoms with Crippen LogP contribution >= 0.6 is 0 Å². The van der Waals surface area contributed by atoms with Gasteiger partial charge in [-0.05, 0) is 31.4 Å². The van der Waals surface area contributed by atoms with Crippen LogP contribution in [0.15, 0.2) is 35.8 Å². The number of hydrogen-bond acceptors (Lipinski definition) is 3. The predicted molar refractivity (Wildman–Crippen MR) is 66.8 cm³/mol. The first kappa shape index (κ1) is 13.6. The predicted octanol–water partition coefficient (Wildman–Crippen LogP) is 1.84. The monoisotopic (exact) mass is 209 g/mol. The fourth-order valence-electron chi connectivity index (χ4n) is 0.936. The molecule has 86 valence electrons. The van der Waals surface area contributed by atoms with E-state index in [1.807, 2.05) is 6.92 Å². The average Bonchev–Trinajstić information content (AvgIpc) is 2.13. The quantitative estimate of drug-likeness (QED) is 0.585. The Labute approximate surface area is 92.9 Å². The van der Waals surface area contributed by atoms with E-state index in [1.54, 1.807) is 12.2 Å². The second-order valence-electron chi connectivity index (χ2n) is 4.12. The van der Waals surface area contributed by atoms with Crippen molar-refractivity contribution in [3.63, 3.8) is 0 Å². The molecule has 0 heterocycles. The molecule has 0 atom stereocenters. The molecule has 0 aliphatic carbocycles. The van der Waals surface area contributed by atoms with Gasteiger partial charge in [0, 0.05) is 12.2 Å². The maximum absolute atomic E-state index is 5.78. The van der Waals surface area contributed by atoms with Crippen LogP contribution in [-0.4, -0.2) is 6.54 Å². The van der Waals surface area contributed by atoms with Gasteiger partial charge in [0.1, 0.15) is 0 Å². The zero-order chi connectivity index (χ0) is 11.8. The summed E-state index contributed by atoms with van der Waals surface area (Å²) in [5.41, 5.74) is 13.4. The molecule has 0 rings (SSSR count). The highest BCUT2D eigenvalue weighted by atomic mass is 14.9. The second kappa shape index (κ2) is 6.98. The molecule has 0 unspecified atom stereocenters. The van der Waals surface area contributed by atoms with E-state index < -0.39 is 0 Å². The van der Waals surface area contributed by atoms with Crippen LogP contribution in [0.3, 0.4) is 0 Å². The Balaban J connectivity index is 4.00. The summed E-state index contributed by atoms with van der Waals surface area (Å²) in [6, 6.07) is 0. The molecule has 0 saturated carbocycles. The molecule has 0 radical (unpaired) electrons. The third-order valence-corrected chi connectivity index (χ3v) is 1.93. The number of hydrogen-bond donors (Lipinski definition) is 3. The van der Waals surface area contributed by atoms with Crippen LogP contribution in [0.25, 0.3) is 0 Å². The third-order valence-electron chi connectivity index (χ3n) is 1.93. The van der Waals surface area contributed by atoms with Gasteiger partial charge in [0.2, 0.25) is 0 Å². The Morgan fingerprint density at radius 1 is 1.33 bits per heavy atom. The van der Waals surface area contributed by atoms with Gasteiger partial charge in [0.25, 0.3) is 0 Å². The van der Waals surface area contributed by atoms with Gasteiger partial charge in [-0.2, -0.15) is 0 Å². The Morgan fingerprint density at radius 3 is 2.40 bits per heavy atom. The van der Waals surface area contributed by atoms with E-state index in [-0.39, 0.29) is 0 Å². The Hall–Kier alpha value is -1.38. The van der Waals surface area contributed by atoms with Gasteiger partial charge in [-0.1, -0.05) is 20.4 Å². The van der Waals surface area contributed by atoms with Crippen molar-refractivity contribution in [2.45, 2.75) is 27.2 Å². The molecule has 0 aromatic heterocycles. The molecule has 0 aliphatic rings. The number of allylic oxidation sites excluding steroid dienone is 3. The summed E-state index contributed by atoms with van der Waals surface area (Å²) >= 11 is 0. The highest BCUT2D eigenvalue weighted by Gasteiger charge is 1.97. The number of nitrogens with one attached hydrogen (secondary N) is 1. The molecule has 3 heteroatoms. The number of nitrogens with two attached hydrogens (primary N) is 2. The zero-order valence-corrected chi connectivity index (χ0v) is 10.0. The number of rotatable bonds is 6. The Kier molecular flexibility index (Phi) is 6.34. The molecule has 0 aromatic rings. The first-order chi connectivity index (χ1) is 6.93. The van der Waals surface area contributed by atoms with Gasteiger partial charge < -0.3 is 16.8 Å². The standard InChI is InChI=1S/C12H23N3/c1-9(2)7-8-15-11(4)12(14)6-5-10(3)13/h5-6,9,15H,4,7-8,13-14H2,1-3H3/b10-5-,12-6-. The van der Waals surface area contributed by atoms with Crippen molar-refractivity contribution in [1.29, 1.82) is 0 Å². The maximum atomic E-state index is 5.78. The summed E-state index contributed by atoms with van der Waals surface area (Å²) in [7, 11) is 0. The van der Waals surface area contributed by atoms with Crippen LogP contribution in [0.4, 0.5) is 0 Å². The molecule has 3 nitrogen and oxygen atoms in total. The highest BCUT2D eigenvalue weighted by molar-refractivity contribution is 5.28. The SMILES string of the molecule is C=C(NCCC(C)C)/C(N)=C/C=C(/C)N. The van der Waals surface area contributed by atoms with Crippen LogP contribution in [0.2, 0.25) is 0 Å². The van der Waals surface area contributed by atoms with E-state index in [4.69, 9.17) is 11.5 Å². The zero-order valence-electron chi connectivity index (χ0n) is 10.0. The smallest absolute Gasteiger partial charge is 0.0544 e. The molecule has 15 heavy (non-hydrogen) atoms. The second-order valence-corrected chi connectivity index (χ2v) is 4.12. The van der Waals surface area contributed by atoms with Gasteiger partial charge in [-0.25, -0.2) is 0 Å². The largest absolute Gasteiger partial charge is 0.402 e. The summed E-state index contributed by atoms with van der Waals surface area (Å²) in [4.78, 5) is 0. The topological polar surface area (TPSA) is 64.1 Å². The van der Waals surface area contributed by atoms with Crippen LogP contribution < -0.4 is 16.8 Å². The molecule has 0 aliphatic heterocycles. The average molecular weight is 209 g/mol. The molecular weight excluding hydrogens is 186 g/mol. The summed E-state index contributed by atoms with van der Waals surface area (Å²) in [5.74, 6) is 0.682. The van der Waals surface area contributed by atoms with Crippen molar-refractivity contribution in [2.24, 2.45) is 17.4 Å². The lowest BCUT2D eigenvalue weighted by molar-refractivity contribution is 0.565. The van der Waals surface area contributed by atoms with E-state index in [2.05, 4.69) is 25.7 Å². The summed E-state index contributed by atoms with van der Waals surface area (Å²) < 4.78 is 0. The van der Waals surface area contributed by atoms with Crippen molar-refractivity contribution in [2.75, 3.05) is 6.54 Å². The summed E-state index contributed by atoms with van der Waals surface area (Å²) in [6.45, 7) is 10.9. The van der Waals surface area contributed by atoms with Gasteiger partial charge in [0.05, 0.1) is 11.4 Å². The van der Waals surface area contributed by atoms with Crippen molar-refractivity contribution in [1.82, 2.24) is 5.32 Å². The lowest BCUT2D eigenvalue weighted by atomic mass is 10.1. The molecule has 5 N–H and O–H groups in total. The highest BCUT2D eigenvalue weighted by Crippen LogP contribution is 2.01. The minimum Gasteiger partial charge on any atom is -0.402 e. The van der Waals surface area contributed by atoms with Crippen LogP contribution in [0.1, 0.15) is 27.2 Å². The van der Waals surface area contributed by atoms with Gasteiger partial charge in [-0.15, -0.1) is 0 Å². The maximum Gasteiger partial charge on any atom is 0.0544 e. The summed E-state index contributed by atoms with van der Waals surface area (Å²) in [5, 5.41) is 3.18. The fourth-order valence-corrected chi connectivity index (χ4v) is 0.936. The minimum absolute atomic E-state index is 0.628. The van der Waals surface area contributed by atoms with Crippen molar-refractivity contribution in [3.05, 3.63) is 35.8 Å². The van der Waals surface area contributed by atoms with Crippen molar-refractivity contribution < 1.29 is 0 Å². The van der Waals surface area contributed by atoms with Crippen LogP contribution in [0.5, 0.6) is 0 Å². The minimum atomic E-state index is 0.628. The van der Waals surface area contributed by atoms with E-state index >= 15 is 0 Å². The van der Waals surface area contributed by atoms with E-state index in [1.165, 1.54) is 0 Å². The third kappa shape index (κ3) is 7.67. The van der Waals surface area contributed by atoms with Gasteiger partial charge >= 0.3 is 0 Å². The normalized spacial score (nSPS) is 13.1. The van der Waals surface area contributed by atoms with Crippen molar-refractivity contribution in [3.8, 4) is 0 Å². The van der Waals surface area contributed by atoms with Gasteiger partial charge in [-0.3, -0.25) is 0 Å². The molecule has 0 saturated heterocycles. The lowest BCUT2D eigenvalue weighted by Gasteiger charge is -2.10. The van der Waals surface area contributed by atoms with Gasteiger partial charge in [0.15, 0.2) is 0 Å². The lowest BCUT2D eigenvalue weighted by Crippen LogP contribution is -2.20. The molecule has 0 spiro atoms. The first-order valence-electron chi connectivity index (χ1n) is 5.26. The molecular formula is C12H23N3. The first-order valence-corrected chi connectivity index (χ1v) is 5.26. The van der Waals surface area contributed by atoms with Crippen LogP contribution in [0, 0.1) is 5.92 Å². The van der Waals surface area contributed by atoms with Crippen molar-refractivity contribution >= 4 is 0 Å². The summed E-state index contributed by atoms with van der Waals surface area (Å²) in [6.07, 6.45) is 4.64. The molecule has 0 aromatic carbocycles. The molecule has 0 bridgehead atoms. The fraction of sp³-hybridized carbons (Fsp3) is 0.500. The Bertz CT molecular complexity index is 258. The van der Waals surface area contributed by atoms with Crippen LogP contribution in [-0.2, 0) is 0 Å². The van der Waals surface area contributed by atoms with E-state index in [0.717, 1.165) is 24.4 Å². The Morgan fingerprint density at radius 2 is 1.93 bits per heavy atom. The molecule has 0 fully saturated rings. The van der Waals surface area contributed by atoms with E-state index in [0.29, 0.717) is 11.6 Å². The molecule has 0 amide bonds.